The van der Waals surface area contributed by atoms with Crippen molar-refractivity contribution in [2.75, 3.05) is 21.9 Å². The molecule has 2 aromatic carbocycles. The van der Waals surface area contributed by atoms with E-state index in [4.69, 9.17) is 11.6 Å². The molecule has 1 heterocycles. The van der Waals surface area contributed by atoms with E-state index in [2.05, 4.69) is 21.2 Å². The molecule has 0 aromatic heterocycles. The Hall–Kier alpha value is -1.57. The largest absolute Gasteiger partial charge is 0.321 e. The number of amides is 1. The van der Waals surface area contributed by atoms with Crippen LogP contribution < -0.4 is 9.62 Å². The molecular weight excluding hydrogens is 416 g/mol. The molecule has 0 unspecified atom stereocenters. The third-order valence-electron chi connectivity index (χ3n) is 3.67. The van der Waals surface area contributed by atoms with Crippen molar-refractivity contribution >= 4 is 54.8 Å². The van der Waals surface area contributed by atoms with E-state index in [1.54, 1.807) is 36.4 Å². The highest BCUT2D eigenvalue weighted by Crippen LogP contribution is 2.31. The van der Waals surface area contributed by atoms with Gasteiger partial charge in [-0.25, -0.2) is 8.42 Å². The van der Waals surface area contributed by atoms with E-state index in [9.17, 15) is 13.2 Å². The van der Waals surface area contributed by atoms with Gasteiger partial charge >= 0.3 is 0 Å². The second kappa shape index (κ2) is 6.74. The van der Waals surface area contributed by atoms with Crippen LogP contribution in [0.4, 0.5) is 11.4 Å². The maximum atomic E-state index is 12.3. The molecule has 1 amide bonds. The zero-order valence-corrected chi connectivity index (χ0v) is 15.7. The number of carbonyl (C=O) groups excluding carboxylic acids is 1. The van der Waals surface area contributed by atoms with E-state index in [0.29, 0.717) is 29.9 Å². The van der Waals surface area contributed by atoms with Gasteiger partial charge in [0.1, 0.15) is 0 Å². The molecule has 0 aliphatic carbocycles. The summed E-state index contributed by atoms with van der Waals surface area (Å²) in [6.07, 6.45) is 0.599. The van der Waals surface area contributed by atoms with Crippen LogP contribution in [0.25, 0.3) is 0 Å². The van der Waals surface area contributed by atoms with Crippen LogP contribution in [0.5, 0.6) is 0 Å². The third kappa shape index (κ3) is 3.58. The predicted molar refractivity (Wildman–Crippen MR) is 99.3 cm³/mol. The molecule has 5 nitrogen and oxygen atoms in total. The highest BCUT2D eigenvalue weighted by Gasteiger charge is 2.28. The zero-order chi connectivity index (χ0) is 17.3. The van der Waals surface area contributed by atoms with E-state index in [0.717, 1.165) is 4.47 Å². The number of hydrogen-bond donors (Lipinski definition) is 1. The highest BCUT2D eigenvalue weighted by molar-refractivity contribution is 9.10. The summed E-state index contributed by atoms with van der Waals surface area (Å²) in [7, 11) is -3.26. The van der Waals surface area contributed by atoms with Crippen molar-refractivity contribution in [2.45, 2.75) is 6.42 Å². The van der Waals surface area contributed by atoms with E-state index in [-0.39, 0.29) is 16.7 Å². The number of carbonyl (C=O) groups is 1. The molecule has 0 spiro atoms. The molecule has 1 N–H and O–H groups in total. The predicted octanol–water partition coefficient (Wildman–Crippen LogP) is 3.89. The highest BCUT2D eigenvalue weighted by atomic mass is 79.9. The summed E-state index contributed by atoms with van der Waals surface area (Å²) in [4.78, 5) is 12.3. The van der Waals surface area contributed by atoms with Gasteiger partial charge in [-0.3, -0.25) is 9.10 Å². The minimum absolute atomic E-state index is 0.145. The van der Waals surface area contributed by atoms with Crippen molar-refractivity contribution in [3.63, 3.8) is 0 Å². The number of anilines is 2. The topological polar surface area (TPSA) is 66.5 Å². The Labute approximate surface area is 153 Å². The number of hydrogen-bond acceptors (Lipinski definition) is 3. The maximum absolute atomic E-state index is 12.3. The second-order valence-electron chi connectivity index (χ2n) is 5.37. The van der Waals surface area contributed by atoms with Crippen molar-refractivity contribution in [1.82, 2.24) is 0 Å². The number of benzene rings is 2. The lowest BCUT2D eigenvalue weighted by Gasteiger charge is -2.18. The molecule has 0 radical (unpaired) electrons. The summed E-state index contributed by atoms with van der Waals surface area (Å²) in [6, 6.07) is 11.8. The molecule has 126 valence electrons. The molecule has 1 fully saturated rings. The smallest absolute Gasteiger partial charge is 0.255 e. The number of sulfonamides is 1. The van der Waals surface area contributed by atoms with Crippen molar-refractivity contribution in [3.05, 3.63) is 57.5 Å². The normalized spacial score (nSPS) is 16.2. The van der Waals surface area contributed by atoms with Gasteiger partial charge < -0.3 is 5.32 Å². The van der Waals surface area contributed by atoms with E-state index >= 15 is 0 Å². The van der Waals surface area contributed by atoms with Crippen LogP contribution in [0, 0.1) is 0 Å². The standard InChI is InChI=1S/C16H14BrClN2O3S/c17-12-4-1-3-11(9-12)16(21)19-15-6-5-13(10-14(15)18)20-7-2-8-24(20,22)23/h1,3-6,9-10H,2,7-8H2,(H,19,21). The summed E-state index contributed by atoms with van der Waals surface area (Å²) in [5.41, 5.74) is 1.44. The fourth-order valence-electron chi connectivity index (χ4n) is 2.51. The van der Waals surface area contributed by atoms with Crippen LogP contribution in [0.3, 0.4) is 0 Å². The quantitative estimate of drug-likeness (QED) is 0.805. The zero-order valence-electron chi connectivity index (χ0n) is 12.5. The Morgan fingerprint density at radius 1 is 1.21 bits per heavy atom. The van der Waals surface area contributed by atoms with Crippen LogP contribution in [0.2, 0.25) is 5.02 Å². The molecule has 0 saturated carbocycles. The first-order valence-corrected chi connectivity index (χ1v) is 10.0. The first kappa shape index (κ1) is 17.3. The number of rotatable bonds is 3. The van der Waals surface area contributed by atoms with E-state index in [1.165, 1.54) is 4.31 Å². The van der Waals surface area contributed by atoms with Gasteiger partial charge in [0, 0.05) is 16.6 Å². The van der Waals surface area contributed by atoms with Crippen molar-refractivity contribution in [3.8, 4) is 0 Å². The van der Waals surface area contributed by atoms with Crippen LogP contribution in [0.15, 0.2) is 46.9 Å². The minimum atomic E-state index is -3.26. The molecule has 1 aliphatic heterocycles. The number of nitrogens with zero attached hydrogens (tertiary/aromatic N) is 1. The molecule has 2 aromatic rings. The summed E-state index contributed by atoms with van der Waals surface area (Å²) in [5.74, 6) is -0.147. The molecule has 1 aliphatic rings. The average molecular weight is 430 g/mol. The Morgan fingerprint density at radius 2 is 2.00 bits per heavy atom. The van der Waals surface area contributed by atoms with Gasteiger partial charge in [-0.05, 0) is 42.8 Å². The molecule has 24 heavy (non-hydrogen) atoms. The lowest BCUT2D eigenvalue weighted by Crippen LogP contribution is -2.25. The molecule has 3 rings (SSSR count). The fourth-order valence-corrected chi connectivity index (χ4v) is 4.69. The van der Waals surface area contributed by atoms with Crippen LogP contribution in [-0.2, 0) is 10.0 Å². The van der Waals surface area contributed by atoms with Gasteiger partial charge in [-0.15, -0.1) is 0 Å². The van der Waals surface area contributed by atoms with Gasteiger partial charge in [0.05, 0.1) is 22.2 Å². The van der Waals surface area contributed by atoms with Gasteiger partial charge in [0.2, 0.25) is 10.0 Å². The summed E-state index contributed by atoms with van der Waals surface area (Å²) < 4.78 is 26.1. The Balaban J connectivity index is 1.82. The van der Waals surface area contributed by atoms with E-state index in [1.807, 2.05) is 6.07 Å². The Bertz CT molecular complexity index is 902. The molecule has 0 bridgehead atoms. The minimum Gasteiger partial charge on any atom is -0.321 e. The molecular formula is C16H14BrClN2O3S. The first-order valence-electron chi connectivity index (χ1n) is 7.24. The van der Waals surface area contributed by atoms with Crippen LogP contribution in [-0.4, -0.2) is 26.6 Å². The van der Waals surface area contributed by atoms with Crippen molar-refractivity contribution < 1.29 is 13.2 Å². The molecule has 0 atom stereocenters. The van der Waals surface area contributed by atoms with Gasteiger partial charge in [0.15, 0.2) is 0 Å². The van der Waals surface area contributed by atoms with E-state index < -0.39 is 10.0 Å². The Morgan fingerprint density at radius 3 is 2.62 bits per heavy atom. The Kier molecular flexibility index (Phi) is 4.85. The molecule has 1 saturated heterocycles. The average Bonchev–Trinajstić information content (AvgIpc) is 2.88. The van der Waals surface area contributed by atoms with Crippen molar-refractivity contribution in [2.24, 2.45) is 0 Å². The second-order valence-corrected chi connectivity index (χ2v) is 8.71. The number of halogens is 2. The lowest BCUT2D eigenvalue weighted by molar-refractivity contribution is 0.102. The van der Waals surface area contributed by atoms with Gasteiger partial charge in [-0.1, -0.05) is 33.6 Å². The van der Waals surface area contributed by atoms with Crippen LogP contribution in [0.1, 0.15) is 16.8 Å². The van der Waals surface area contributed by atoms with Crippen molar-refractivity contribution in [1.29, 1.82) is 0 Å². The maximum Gasteiger partial charge on any atom is 0.255 e. The summed E-state index contributed by atoms with van der Waals surface area (Å²) in [6.45, 7) is 0.447. The van der Waals surface area contributed by atoms with Gasteiger partial charge in [0.25, 0.3) is 5.91 Å². The fraction of sp³-hybridized carbons (Fsp3) is 0.188. The summed E-state index contributed by atoms with van der Waals surface area (Å²) >= 11 is 9.54. The summed E-state index contributed by atoms with van der Waals surface area (Å²) in [5, 5.41) is 3.02. The monoisotopic (exact) mass is 428 g/mol. The first-order chi connectivity index (χ1) is 11.4. The SMILES string of the molecule is O=C(Nc1ccc(N2CCCS2(=O)=O)cc1Cl)c1cccc(Br)c1. The molecule has 8 heteroatoms. The van der Waals surface area contributed by atoms with Crippen LogP contribution >= 0.6 is 27.5 Å². The van der Waals surface area contributed by atoms with Gasteiger partial charge in [-0.2, -0.15) is 0 Å². The number of nitrogens with one attached hydrogen (secondary N) is 1. The third-order valence-corrected chi connectivity index (χ3v) is 6.35. The lowest BCUT2D eigenvalue weighted by atomic mass is 10.2.